The fourth-order valence-corrected chi connectivity index (χ4v) is 5.09. The predicted molar refractivity (Wildman–Crippen MR) is 163 cm³/mol. The van der Waals surface area contributed by atoms with Crippen LogP contribution in [-0.4, -0.2) is 54.2 Å². The van der Waals surface area contributed by atoms with Gasteiger partial charge in [-0.25, -0.2) is 4.79 Å². The molecule has 1 unspecified atom stereocenters. The lowest BCUT2D eigenvalue weighted by molar-refractivity contribution is -0.450. The first-order valence-corrected chi connectivity index (χ1v) is 15.0. The number of alkyl halides is 3. The van der Waals surface area contributed by atoms with E-state index in [2.05, 4.69) is 4.74 Å². The van der Waals surface area contributed by atoms with Crippen molar-refractivity contribution in [2.24, 2.45) is 0 Å². The molecule has 47 heavy (non-hydrogen) atoms. The molecule has 1 heterocycles. The maximum absolute atomic E-state index is 13.5. The molecule has 0 bridgehead atoms. The standard InChI is InChI=1S/C36H35F3O8/c37-35(38,39)34(40)47-36(41)33(45-24-29-19-11-4-12-20-29)32(44-23-28-17-9-3-10-18-28)31(43-22-27-15-7-2-8-16-27)30(46-36)25-42-21-26-13-5-1-6-14-26/h1-20,30-33,41H,21-25H2/t30-,31+,32+,33-,36?/m1/s1. The summed E-state index contributed by atoms with van der Waals surface area (Å²) in [6, 6.07) is 36.2. The van der Waals surface area contributed by atoms with Crippen LogP contribution in [0.1, 0.15) is 22.3 Å². The van der Waals surface area contributed by atoms with Crippen LogP contribution in [0.15, 0.2) is 121 Å². The Labute approximate surface area is 270 Å². The average molecular weight is 653 g/mol. The maximum atomic E-state index is 13.5. The maximum Gasteiger partial charge on any atom is 0.491 e. The first-order chi connectivity index (χ1) is 22.7. The fraction of sp³-hybridized carbons (Fsp3) is 0.306. The highest BCUT2D eigenvalue weighted by molar-refractivity contribution is 5.75. The van der Waals surface area contributed by atoms with Gasteiger partial charge in [0.2, 0.25) is 0 Å². The molecule has 0 aliphatic carbocycles. The van der Waals surface area contributed by atoms with E-state index < -0.39 is 42.5 Å². The molecule has 1 saturated heterocycles. The van der Waals surface area contributed by atoms with Crippen molar-refractivity contribution < 1.29 is 51.5 Å². The molecule has 8 nitrogen and oxygen atoms in total. The summed E-state index contributed by atoms with van der Waals surface area (Å²) in [4.78, 5) is 12.2. The van der Waals surface area contributed by atoms with Crippen molar-refractivity contribution in [1.29, 1.82) is 0 Å². The lowest BCUT2D eigenvalue weighted by atomic mass is 9.96. The number of hydrogen-bond donors (Lipinski definition) is 1. The van der Waals surface area contributed by atoms with Gasteiger partial charge in [-0.2, -0.15) is 13.2 Å². The topological polar surface area (TPSA) is 92.7 Å². The smallest absolute Gasteiger partial charge is 0.399 e. The number of hydrogen-bond acceptors (Lipinski definition) is 8. The Kier molecular flexibility index (Phi) is 11.8. The number of ether oxygens (including phenoxy) is 6. The van der Waals surface area contributed by atoms with Gasteiger partial charge in [-0.3, -0.25) is 0 Å². The monoisotopic (exact) mass is 652 g/mol. The van der Waals surface area contributed by atoms with Gasteiger partial charge in [0.15, 0.2) is 6.10 Å². The van der Waals surface area contributed by atoms with Crippen LogP contribution in [0.5, 0.6) is 0 Å². The summed E-state index contributed by atoms with van der Waals surface area (Å²) in [7, 11) is 0. The minimum absolute atomic E-state index is 0.0389. The van der Waals surface area contributed by atoms with Gasteiger partial charge >= 0.3 is 18.1 Å². The Morgan fingerprint density at radius 1 is 0.638 bits per heavy atom. The molecule has 0 saturated carbocycles. The van der Waals surface area contributed by atoms with Crippen molar-refractivity contribution in [1.82, 2.24) is 0 Å². The lowest BCUT2D eigenvalue weighted by Gasteiger charge is -2.48. The molecule has 1 aliphatic heterocycles. The highest BCUT2D eigenvalue weighted by Crippen LogP contribution is 2.38. The molecule has 5 atom stereocenters. The third-order valence-electron chi connectivity index (χ3n) is 7.38. The van der Waals surface area contributed by atoms with Crippen LogP contribution >= 0.6 is 0 Å². The molecule has 0 radical (unpaired) electrons. The Hall–Kier alpha value is -4.10. The largest absolute Gasteiger partial charge is 0.491 e. The molecule has 5 rings (SSSR count). The number of benzene rings is 4. The van der Waals surface area contributed by atoms with Crippen LogP contribution in [0.2, 0.25) is 0 Å². The van der Waals surface area contributed by atoms with E-state index in [0.29, 0.717) is 5.56 Å². The van der Waals surface area contributed by atoms with Crippen LogP contribution in [-0.2, 0) is 59.6 Å². The van der Waals surface area contributed by atoms with Crippen molar-refractivity contribution in [3.05, 3.63) is 144 Å². The Bertz CT molecular complexity index is 1510. The quantitative estimate of drug-likeness (QED) is 0.129. The third-order valence-corrected chi connectivity index (χ3v) is 7.38. The Balaban J connectivity index is 1.50. The molecule has 4 aromatic carbocycles. The van der Waals surface area contributed by atoms with Crippen LogP contribution < -0.4 is 0 Å². The fourth-order valence-electron chi connectivity index (χ4n) is 5.09. The van der Waals surface area contributed by atoms with Gasteiger partial charge in [0.05, 0.1) is 33.0 Å². The molecule has 4 aromatic rings. The zero-order chi connectivity index (χ0) is 33.1. The summed E-state index contributed by atoms with van der Waals surface area (Å²) < 4.78 is 75.7. The second-order valence-corrected chi connectivity index (χ2v) is 10.9. The van der Waals surface area contributed by atoms with Gasteiger partial charge < -0.3 is 33.5 Å². The van der Waals surface area contributed by atoms with Gasteiger partial charge in [0.25, 0.3) is 0 Å². The third kappa shape index (κ3) is 9.71. The van der Waals surface area contributed by atoms with E-state index in [9.17, 15) is 23.1 Å². The van der Waals surface area contributed by atoms with Crippen LogP contribution in [0.4, 0.5) is 13.2 Å². The Morgan fingerprint density at radius 2 is 1.04 bits per heavy atom. The second kappa shape index (κ2) is 16.1. The number of aliphatic hydroxyl groups is 1. The van der Waals surface area contributed by atoms with Crippen LogP contribution in [0, 0.1) is 0 Å². The molecule has 0 spiro atoms. The van der Waals surface area contributed by atoms with Crippen molar-refractivity contribution in [3.63, 3.8) is 0 Å². The molecule has 11 heteroatoms. The highest BCUT2D eigenvalue weighted by atomic mass is 19.4. The van der Waals surface area contributed by atoms with Crippen LogP contribution in [0.25, 0.3) is 0 Å². The molecule has 0 amide bonds. The first kappa shape index (κ1) is 34.2. The molecule has 0 aromatic heterocycles. The van der Waals surface area contributed by atoms with E-state index in [1.807, 2.05) is 66.7 Å². The zero-order valence-electron chi connectivity index (χ0n) is 25.3. The molecular weight excluding hydrogens is 617 g/mol. The number of esters is 1. The minimum atomic E-state index is -5.44. The number of carbonyl (C=O) groups excluding carboxylic acids is 1. The first-order valence-electron chi connectivity index (χ1n) is 15.0. The van der Waals surface area contributed by atoms with E-state index in [-0.39, 0.29) is 33.0 Å². The predicted octanol–water partition coefficient (Wildman–Crippen LogP) is 6.11. The lowest BCUT2D eigenvalue weighted by Crippen LogP contribution is -2.68. The normalized spacial score (nSPS) is 22.9. The number of carbonyl (C=O) groups is 1. The summed E-state index contributed by atoms with van der Waals surface area (Å²) >= 11 is 0. The van der Waals surface area contributed by atoms with Crippen molar-refractivity contribution >= 4 is 5.97 Å². The molecule has 248 valence electrons. The summed E-state index contributed by atoms with van der Waals surface area (Å²) in [5, 5.41) is 11.7. The van der Waals surface area contributed by atoms with Gasteiger partial charge in [-0.15, -0.1) is 0 Å². The van der Waals surface area contributed by atoms with Gasteiger partial charge in [-0.05, 0) is 22.3 Å². The summed E-state index contributed by atoms with van der Waals surface area (Å²) in [6.07, 6.45) is -10.9. The second-order valence-electron chi connectivity index (χ2n) is 10.9. The van der Waals surface area contributed by atoms with E-state index >= 15 is 0 Å². The molecule has 1 aliphatic rings. The van der Waals surface area contributed by atoms with Crippen molar-refractivity contribution in [2.75, 3.05) is 6.61 Å². The van der Waals surface area contributed by atoms with Gasteiger partial charge in [0, 0.05) is 0 Å². The van der Waals surface area contributed by atoms with E-state index in [4.69, 9.17) is 23.7 Å². The zero-order valence-corrected chi connectivity index (χ0v) is 25.3. The SMILES string of the molecule is O=C(OC1(O)O[C@H](COCc2ccccc2)[C@H](OCc2ccccc2)[C@H](OCc2ccccc2)[C@H]1OCc1ccccc1)C(F)(F)F. The molecular formula is C36H35F3O8. The number of halogens is 3. The summed E-state index contributed by atoms with van der Waals surface area (Å²) in [5.41, 5.74) is 2.98. The minimum Gasteiger partial charge on any atom is -0.399 e. The molecule has 1 N–H and O–H groups in total. The van der Waals surface area contributed by atoms with E-state index in [1.54, 1.807) is 54.6 Å². The summed E-state index contributed by atoms with van der Waals surface area (Å²) in [6.45, 7) is -0.316. The summed E-state index contributed by atoms with van der Waals surface area (Å²) in [5.74, 6) is -5.90. The highest BCUT2D eigenvalue weighted by Gasteiger charge is 2.61. The van der Waals surface area contributed by atoms with Gasteiger partial charge in [-0.1, -0.05) is 121 Å². The average Bonchev–Trinajstić information content (AvgIpc) is 3.08. The van der Waals surface area contributed by atoms with Crippen LogP contribution in [0.3, 0.4) is 0 Å². The van der Waals surface area contributed by atoms with E-state index in [1.165, 1.54) is 0 Å². The van der Waals surface area contributed by atoms with Gasteiger partial charge in [0.1, 0.15) is 18.3 Å². The van der Waals surface area contributed by atoms with Crippen molar-refractivity contribution in [2.45, 2.75) is 63.0 Å². The molecule has 1 fully saturated rings. The Morgan fingerprint density at radius 3 is 1.49 bits per heavy atom. The van der Waals surface area contributed by atoms with E-state index in [0.717, 1.165) is 16.7 Å². The number of rotatable bonds is 14. The van der Waals surface area contributed by atoms with Crippen molar-refractivity contribution in [3.8, 4) is 0 Å².